The van der Waals surface area contributed by atoms with E-state index in [1.165, 1.54) is 18.2 Å². The maximum absolute atomic E-state index is 14.1. The number of halogens is 5. The highest BCUT2D eigenvalue weighted by Crippen LogP contribution is 2.35. The first kappa shape index (κ1) is 29.4. The number of likely N-dealkylation sites (tertiary alicyclic amines) is 1. The van der Waals surface area contributed by atoms with Crippen LogP contribution < -0.4 is 5.32 Å². The third-order valence-corrected chi connectivity index (χ3v) is 6.43. The van der Waals surface area contributed by atoms with Crippen molar-refractivity contribution in [1.82, 2.24) is 4.90 Å². The Morgan fingerprint density at radius 2 is 1.83 bits per heavy atom. The van der Waals surface area contributed by atoms with Gasteiger partial charge in [0.15, 0.2) is 0 Å². The molecule has 1 unspecified atom stereocenters. The Kier molecular flexibility index (Phi) is 11.0. The molecule has 0 radical (unpaired) electrons. The van der Waals surface area contributed by atoms with Crippen molar-refractivity contribution in [3.05, 3.63) is 87.9 Å². The summed E-state index contributed by atoms with van der Waals surface area (Å²) in [7, 11) is 1.94. The molecule has 1 aromatic rings. The maximum Gasteiger partial charge on any atom is 0.416 e. The van der Waals surface area contributed by atoms with Crippen LogP contribution >= 0.6 is 0 Å². The van der Waals surface area contributed by atoms with Crippen LogP contribution in [-0.4, -0.2) is 37.4 Å². The fourth-order valence-electron chi connectivity index (χ4n) is 4.23. The van der Waals surface area contributed by atoms with Crippen molar-refractivity contribution in [2.75, 3.05) is 25.6 Å². The monoisotopic (exact) mass is 508 g/mol. The Labute approximate surface area is 212 Å². The summed E-state index contributed by atoms with van der Waals surface area (Å²) in [6.07, 6.45) is 3.60. The molecule has 1 saturated heterocycles. The summed E-state index contributed by atoms with van der Waals surface area (Å²) in [5.74, 6) is -0.332. The zero-order valence-corrected chi connectivity index (χ0v) is 21.8. The molecule has 0 saturated carbocycles. The number of nitrogens with one attached hydrogen (secondary N) is 1. The van der Waals surface area contributed by atoms with Crippen LogP contribution in [-0.2, 0) is 0 Å². The molecular weight excluding hydrogens is 471 g/mol. The van der Waals surface area contributed by atoms with E-state index >= 15 is 0 Å². The molecule has 1 aromatic carbocycles. The first-order valence-electron chi connectivity index (χ1n) is 12.4. The minimum atomic E-state index is -4.55. The number of hydrogen-bond donors (Lipinski definition) is 1. The zero-order valence-electron chi connectivity index (χ0n) is 21.8. The van der Waals surface area contributed by atoms with Gasteiger partial charge in [0.25, 0.3) is 0 Å². The average molecular weight is 509 g/mol. The van der Waals surface area contributed by atoms with E-state index in [9.17, 15) is 22.0 Å². The first-order chi connectivity index (χ1) is 17.0. The number of piperidine rings is 1. The SMILES string of the molecule is C\C=C(CF)/C(=C\C(=C\CC)C(F)(F)F)C(/C=C1/C(Nc2ccc(F)cc2)CCCN1C)=C(C)CC. The molecule has 1 aliphatic rings. The lowest BCUT2D eigenvalue weighted by Gasteiger charge is -2.36. The zero-order chi connectivity index (χ0) is 26.9. The van der Waals surface area contributed by atoms with Gasteiger partial charge in [-0.3, -0.25) is 0 Å². The summed E-state index contributed by atoms with van der Waals surface area (Å²) in [5, 5.41) is 3.43. The van der Waals surface area contributed by atoms with Crippen molar-refractivity contribution < 1.29 is 22.0 Å². The van der Waals surface area contributed by atoms with Crippen molar-refractivity contribution >= 4 is 5.69 Å². The fraction of sp³-hybridized carbons (Fsp3) is 0.448. The van der Waals surface area contributed by atoms with Crippen molar-refractivity contribution in [2.45, 2.75) is 65.6 Å². The van der Waals surface area contributed by atoms with Crippen molar-refractivity contribution in [1.29, 1.82) is 0 Å². The van der Waals surface area contributed by atoms with E-state index < -0.39 is 18.4 Å². The molecule has 7 heteroatoms. The van der Waals surface area contributed by atoms with E-state index in [1.54, 1.807) is 26.0 Å². The van der Waals surface area contributed by atoms with Crippen LogP contribution in [0.15, 0.2) is 82.1 Å². The van der Waals surface area contributed by atoms with Gasteiger partial charge in [-0.15, -0.1) is 0 Å². The van der Waals surface area contributed by atoms with Crippen LogP contribution in [0.5, 0.6) is 0 Å². The molecule has 0 aromatic heterocycles. The number of nitrogens with zero attached hydrogens (tertiary/aromatic N) is 1. The second kappa shape index (κ2) is 13.5. The normalized spacial score (nSPS) is 20.1. The molecule has 2 nitrogen and oxygen atoms in total. The molecule has 0 bridgehead atoms. The number of alkyl halides is 4. The number of hydrogen-bond acceptors (Lipinski definition) is 2. The quantitative estimate of drug-likeness (QED) is 0.265. The molecule has 1 atom stereocenters. The van der Waals surface area contributed by atoms with Gasteiger partial charge in [-0.25, -0.2) is 8.78 Å². The molecule has 0 aliphatic carbocycles. The highest BCUT2D eigenvalue weighted by molar-refractivity contribution is 5.58. The molecule has 1 heterocycles. The van der Waals surface area contributed by atoms with Crippen molar-refractivity contribution in [3.63, 3.8) is 0 Å². The molecule has 1 fully saturated rings. The third kappa shape index (κ3) is 7.84. The Morgan fingerprint density at radius 3 is 2.36 bits per heavy atom. The molecule has 198 valence electrons. The topological polar surface area (TPSA) is 15.3 Å². The van der Waals surface area contributed by atoms with Gasteiger partial charge in [-0.2, -0.15) is 13.2 Å². The predicted molar refractivity (Wildman–Crippen MR) is 139 cm³/mol. The van der Waals surface area contributed by atoms with E-state index in [0.29, 0.717) is 12.0 Å². The van der Waals surface area contributed by atoms with E-state index in [0.717, 1.165) is 48.5 Å². The van der Waals surface area contributed by atoms with Gasteiger partial charge >= 0.3 is 6.18 Å². The van der Waals surface area contributed by atoms with Crippen LogP contribution in [0.25, 0.3) is 0 Å². The van der Waals surface area contributed by atoms with Crippen LogP contribution in [0, 0.1) is 5.82 Å². The lowest BCUT2D eigenvalue weighted by atomic mass is 9.88. The third-order valence-electron chi connectivity index (χ3n) is 6.43. The summed E-state index contributed by atoms with van der Waals surface area (Å²) < 4.78 is 69.0. The van der Waals surface area contributed by atoms with Gasteiger partial charge in [0.05, 0.1) is 11.6 Å². The van der Waals surface area contributed by atoms with E-state index in [1.807, 2.05) is 27.0 Å². The molecule has 0 amide bonds. The number of anilines is 1. The number of likely N-dealkylation sites (N-methyl/N-ethyl adjacent to an activating group) is 1. The maximum atomic E-state index is 14.1. The van der Waals surface area contributed by atoms with Crippen molar-refractivity contribution in [2.24, 2.45) is 0 Å². The standard InChI is InChI=1S/C29H37F5N2/c1-6-10-22(29(32,33)34)17-26(21(8-3)19-30)25(20(4)7-2)18-28-27(11-9-16-36(28)5)35-24-14-12-23(31)13-15-24/h8,10,12-15,17-18,27,35H,6-7,9,11,16,19H2,1-5H3/b21-8-,22-10-,25-20?,26-17+,28-18-. The molecule has 1 aliphatic heterocycles. The molecule has 2 rings (SSSR count). The summed E-state index contributed by atoms with van der Waals surface area (Å²) in [4.78, 5) is 2.07. The van der Waals surface area contributed by atoms with Gasteiger partial charge in [0, 0.05) is 25.0 Å². The largest absolute Gasteiger partial charge is 0.416 e. The molecule has 36 heavy (non-hydrogen) atoms. The minimum absolute atomic E-state index is 0.136. The average Bonchev–Trinajstić information content (AvgIpc) is 2.84. The molecular formula is C29H37F5N2. The van der Waals surface area contributed by atoms with Crippen LogP contribution in [0.2, 0.25) is 0 Å². The van der Waals surface area contributed by atoms with E-state index in [-0.39, 0.29) is 29.4 Å². The first-order valence-corrected chi connectivity index (χ1v) is 12.4. The Balaban J connectivity index is 2.70. The second-order valence-electron chi connectivity index (χ2n) is 8.96. The highest BCUT2D eigenvalue weighted by atomic mass is 19.4. The summed E-state index contributed by atoms with van der Waals surface area (Å²) in [6, 6.07) is 5.94. The van der Waals surface area contributed by atoms with Gasteiger partial charge in [0.2, 0.25) is 0 Å². The van der Waals surface area contributed by atoms with Gasteiger partial charge < -0.3 is 10.2 Å². The second-order valence-corrected chi connectivity index (χ2v) is 8.96. The summed E-state index contributed by atoms with van der Waals surface area (Å²) in [6.45, 7) is 6.99. The van der Waals surface area contributed by atoms with Gasteiger partial charge in [0.1, 0.15) is 12.5 Å². The lowest BCUT2D eigenvalue weighted by Crippen LogP contribution is -2.38. The Hall–Kier alpha value is -2.83. The van der Waals surface area contributed by atoms with E-state index in [2.05, 4.69) is 10.2 Å². The minimum Gasteiger partial charge on any atom is -0.377 e. The van der Waals surface area contributed by atoms with Crippen LogP contribution in [0.3, 0.4) is 0 Å². The van der Waals surface area contributed by atoms with Crippen LogP contribution in [0.4, 0.5) is 27.6 Å². The Bertz CT molecular complexity index is 1030. The van der Waals surface area contributed by atoms with Gasteiger partial charge in [-0.1, -0.05) is 31.6 Å². The number of benzene rings is 1. The van der Waals surface area contributed by atoms with Crippen molar-refractivity contribution in [3.8, 4) is 0 Å². The number of allylic oxidation sites excluding steroid dienone is 9. The Morgan fingerprint density at radius 1 is 1.17 bits per heavy atom. The smallest absolute Gasteiger partial charge is 0.377 e. The van der Waals surface area contributed by atoms with Crippen LogP contribution in [0.1, 0.15) is 53.4 Å². The van der Waals surface area contributed by atoms with E-state index in [4.69, 9.17) is 0 Å². The predicted octanol–water partition coefficient (Wildman–Crippen LogP) is 8.68. The molecule has 0 spiro atoms. The lowest BCUT2D eigenvalue weighted by molar-refractivity contribution is -0.0884. The fourth-order valence-corrected chi connectivity index (χ4v) is 4.23. The summed E-state index contributed by atoms with van der Waals surface area (Å²) in [5.41, 5.74) is 2.75. The molecule has 1 N–H and O–H groups in total. The van der Waals surface area contributed by atoms with Gasteiger partial charge in [-0.05, 0) is 92.7 Å². The highest BCUT2D eigenvalue weighted by Gasteiger charge is 2.33. The summed E-state index contributed by atoms with van der Waals surface area (Å²) >= 11 is 0. The number of rotatable bonds is 9.